The number of hydrogen-bond donors (Lipinski definition) is 1. The van der Waals surface area contributed by atoms with Gasteiger partial charge in [0.15, 0.2) is 5.75 Å². The largest absolute Gasteiger partial charge is 0.490 e. The van der Waals surface area contributed by atoms with E-state index in [0.29, 0.717) is 17.2 Å². The topological polar surface area (TPSA) is 142 Å². The van der Waals surface area contributed by atoms with E-state index in [1.807, 2.05) is 0 Å². The van der Waals surface area contributed by atoms with Gasteiger partial charge >= 0.3 is 5.69 Å². The van der Waals surface area contributed by atoms with Crippen molar-refractivity contribution in [3.8, 4) is 11.4 Å². The number of rotatable bonds is 6. The van der Waals surface area contributed by atoms with Crippen molar-refractivity contribution < 1.29 is 19.4 Å². The Hall–Kier alpha value is -4.28. The Bertz CT molecular complexity index is 1110. The monoisotopic (exact) mass is 397 g/mol. The van der Waals surface area contributed by atoms with Gasteiger partial charge < -0.3 is 10.1 Å². The van der Waals surface area contributed by atoms with Crippen LogP contribution in [-0.2, 0) is 0 Å². The van der Waals surface area contributed by atoms with Crippen LogP contribution < -0.4 is 10.1 Å². The summed E-state index contributed by atoms with van der Waals surface area (Å²) < 4.78 is 6.34. The molecule has 1 amide bonds. The highest BCUT2D eigenvalue weighted by atomic mass is 16.6. The standard InChI is InChI=1S/C18H15N5O6/c1-11-9-17(21(20-11)13-4-6-14(7-5-13)22(25)26)19-18(24)12-3-8-16(29-2)15(10-12)23(27)28/h3-10H,1-2H3,(H,19,24). The summed E-state index contributed by atoms with van der Waals surface area (Å²) >= 11 is 0. The van der Waals surface area contributed by atoms with E-state index < -0.39 is 15.8 Å². The number of aromatic nitrogens is 2. The predicted octanol–water partition coefficient (Wildman–Crippen LogP) is 3.26. The van der Waals surface area contributed by atoms with E-state index in [-0.39, 0.29) is 22.7 Å². The van der Waals surface area contributed by atoms with Gasteiger partial charge in [0.1, 0.15) is 5.82 Å². The fourth-order valence-electron chi connectivity index (χ4n) is 2.66. The summed E-state index contributed by atoms with van der Waals surface area (Å²) in [4.78, 5) is 33.4. The molecule has 0 saturated carbocycles. The number of anilines is 1. The number of benzene rings is 2. The van der Waals surface area contributed by atoms with Crippen molar-refractivity contribution >= 4 is 23.1 Å². The lowest BCUT2D eigenvalue weighted by Crippen LogP contribution is -2.15. The second-order valence-electron chi connectivity index (χ2n) is 5.95. The second kappa shape index (κ2) is 7.76. The number of nitrogens with one attached hydrogen (secondary N) is 1. The quantitative estimate of drug-likeness (QED) is 0.497. The molecule has 0 saturated heterocycles. The first-order valence-corrected chi connectivity index (χ1v) is 8.25. The molecule has 0 fully saturated rings. The molecule has 1 heterocycles. The number of nitro benzene ring substituents is 2. The van der Waals surface area contributed by atoms with Crippen molar-refractivity contribution in [3.05, 3.63) is 80.0 Å². The molecule has 2 aromatic carbocycles. The highest BCUT2D eigenvalue weighted by Crippen LogP contribution is 2.28. The number of ether oxygens (including phenoxy) is 1. The average Bonchev–Trinajstić information content (AvgIpc) is 3.07. The average molecular weight is 397 g/mol. The maximum atomic E-state index is 12.6. The molecule has 0 bridgehead atoms. The van der Waals surface area contributed by atoms with Crippen molar-refractivity contribution in [2.45, 2.75) is 6.92 Å². The Morgan fingerprint density at radius 3 is 2.34 bits per heavy atom. The molecule has 0 aliphatic carbocycles. The maximum absolute atomic E-state index is 12.6. The van der Waals surface area contributed by atoms with E-state index in [1.54, 1.807) is 13.0 Å². The Labute approximate surface area is 163 Å². The summed E-state index contributed by atoms with van der Waals surface area (Å²) in [6, 6.07) is 11.1. The second-order valence-corrected chi connectivity index (χ2v) is 5.95. The van der Waals surface area contributed by atoms with Crippen molar-refractivity contribution in [1.82, 2.24) is 9.78 Å². The summed E-state index contributed by atoms with van der Waals surface area (Å²) in [7, 11) is 1.30. The highest BCUT2D eigenvalue weighted by molar-refractivity contribution is 6.04. The normalized spacial score (nSPS) is 10.4. The molecule has 11 nitrogen and oxygen atoms in total. The molecule has 0 radical (unpaired) electrons. The van der Waals surface area contributed by atoms with Crippen LogP contribution in [0.3, 0.4) is 0 Å². The van der Waals surface area contributed by atoms with Crippen LogP contribution in [0.5, 0.6) is 5.75 Å². The van der Waals surface area contributed by atoms with Crippen LogP contribution in [0.25, 0.3) is 5.69 Å². The lowest BCUT2D eigenvalue weighted by atomic mass is 10.1. The molecule has 148 valence electrons. The zero-order valence-electron chi connectivity index (χ0n) is 15.4. The molecule has 0 atom stereocenters. The van der Waals surface area contributed by atoms with Crippen LogP contribution in [-0.4, -0.2) is 32.6 Å². The van der Waals surface area contributed by atoms with Gasteiger partial charge in [-0.05, 0) is 31.2 Å². The van der Waals surface area contributed by atoms with Gasteiger partial charge in [0.05, 0.1) is 28.3 Å². The third kappa shape index (κ3) is 4.03. The molecule has 0 aliphatic heterocycles. The summed E-state index contributed by atoms with van der Waals surface area (Å²) in [6.07, 6.45) is 0. The Balaban J connectivity index is 1.91. The molecule has 29 heavy (non-hydrogen) atoms. The summed E-state index contributed by atoms with van der Waals surface area (Å²) in [5.41, 5.74) is 0.750. The van der Waals surface area contributed by atoms with Crippen LogP contribution in [0.2, 0.25) is 0 Å². The number of nitrogens with zero attached hydrogens (tertiary/aromatic N) is 4. The number of methoxy groups -OCH3 is 1. The van der Waals surface area contributed by atoms with E-state index in [9.17, 15) is 25.0 Å². The van der Waals surface area contributed by atoms with Crippen LogP contribution in [0.15, 0.2) is 48.5 Å². The highest BCUT2D eigenvalue weighted by Gasteiger charge is 2.19. The number of carbonyl (C=O) groups excluding carboxylic acids is 1. The molecule has 1 aromatic heterocycles. The van der Waals surface area contributed by atoms with Gasteiger partial charge in [-0.2, -0.15) is 5.10 Å². The van der Waals surface area contributed by atoms with Gasteiger partial charge in [0.25, 0.3) is 11.6 Å². The van der Waals surface area contributed by atoms with Crippen molar-refractivity contribution in [2.75, 3.05) is 12.4 Å². The van der Waals surface area contributed by atoms with Gasteiger partial charge in [-0.25, -0.2) is 4.68 Å². The first-order chi connectivity index (χ1) is 13.8. The lowest BCUT2D eigenvalue weighted by Gasteiger charge is -2.09. The van der Waals surface area contributed by atoms with E-state index >= 15 is 0 Å². The molecule has 3 rings (SSSR count). The number of nitro groups is 2. The number of amides is 1. The van der Waals surface area contributed by atoms with Crippen molar-refractivity contribution in [2.24, 2.45) is 0 Å². The minimum absolute atomic E-state index is 0.0401. The molecule has 0 aliphatic rings. The SMILES string of the molecule is COc1ccc(C(=O)Nc2cc(C)nn2-c2ccc([N+](=O)[O-])cc2)cc1[N+](=O)[O-]. The minimum atomic E-state index is -0.638. The first kappa shape index (κ1) is 19.5. The number of hydrogen-bond acceptors (Lipinski definition) is 7. The van der Waals surface area contributed by atoms with Crippen molar-refractivity contribution in [3.63, 3.8) is 0 Å². The smallest absolute Gasteiger partial charge is 0.311 e. The summed E-state index contributed by atoms with van der Waals surface area (Å²) in [5.74, 6) is -0.239. The molecular weight excluding hydrogens is 382 g/mol. The maximum Gasteiger partial charge on any atom is 0.311 e. The number of carbonyl (C=O) groups is 1. The first-order valence-electron chi connectivity index (χ1n) is 8.25. The summed E-state index contributed by atoms with van der Waals surface area (Å²) in [6.45, 7) is 1.72. The zero-order chi connectivity index (χ0) is 21.1. The molecule has 11 heteroatoms. The van der Waals surface area contributed by atoms with Crippen LogP contribution in [0.4, 0.5) is 17.2 Å². The van der Waals surface area contributed by atoms with Crippen LogP contribution >= 0.6 is 0 Å². The van der Waals surface area contributed by atoms with Gasteiger partial charge in [0.2, 0.25) is 0 Å². The number of aryl methyl sites for hydroxylation is 1. The fourth-order valence-corrected chi connectivity index (χ4v) is 2.66. The van der Waals surface area contributed by atoms with Gasteiger partial charge in [0, 0.05) is 29.8 Å². The van der Waals surface area contributed by atoms with E-state index in [4.69, 9.17) is 4.74 Å². The van der Waals surface area contributed by atoms with Gasteiger partial charge in [-0.3, -0.25) is 25.0 Å². The number of non-ortho nitro benzene ring substituents is 1. The molecular formula is C18H15N5O6. The van der Waals surface area contributed by atoms with Crippen LogP contribution in [0.1, 0.15) is 16.1 Å². The van der Waals surface area contributed by atoms with E-state index in [1.165, 1.54) is 48.2 Å². The molecule has 0 unspecified atom stereocenters. The lowest BCUT2D eigenvalue weighted by molar-refractivity contribution is -0.385. The van der Waals surface area contributed by atoms with E-state index in [0.717, 1.165) is 6.07 Å². The summed E-state index contributed by atoms with van der Waals surface area (Å²) in [5, 5.41) is 28.9. The minimum Gasteiger partial charge on any atom is -0.490 e. The fraction of sp³-hybridized carbons (Fsp3) is 0.111. The van der Waals surface area contributed by atoms with Crippen molar-refractivity contribution in [1.29, 1.82) is 0 Å². The zero-order valence-corrected chi connectivity index (χ0v) is 15.4. The predicted molar refractivity (Wildman–Crippen MR) is 103 cm³/mol. The molecule has 0 spiro atoms. The van der Waals surface area contributed by atoms with Crippen LogP contribution in [0, 0.1) is 27.2 Å². The molecule has 1 N–H and O–H groups in total. The Morgan fingerprint density at radius 2 is 1.76 bits per heavy atom. The third-order valence-electron chi connectivity index (χ3n) is 4.02. The molecule has 3 aromatic rings. The Morgan fingerprint density at radius 1 is 1.07 bits per heavy atom. The van der Waals surface area contributed by atoms with Gasteiger partial charge in [-0.15, -0.1) is 0 Å². The third-order valence-corrected chi connectivity index (χ3v) is 4.02. The van der Waals surface area contributed by atoms with Gasteiger partial charge in [-0.1, -0.05) is 0 Å². The van der Waals surface area contributed by atoms with E-state index in [2.05, 4.69) is 10.4 Å². The Kier molecular flexibility index (Phi) is 5.21.